The number of hydrogen-bond donors (Lipinski definition) is 2. The highest BCUT2D eigenvalue weighted by atomic mass is 16.5. The standard InChI is InChI=1S/C12H16N2O5/c1-8-5-10(15)9(12(17)18)6-14(8)7-11(16)13-3-4-19-2/h5-6H,3-4,7H2,1-2H3,(H,13,16)(H,17,18). The van der Waals surface area contributed by atoms with Crippen molar-refractivity contribution in [3.63, 3.8) is 0 Å². The maximum absolute atomic E-state index is 11.6. The summed E-state index contributed by atoms with van der Waals surface area (Å²) in [5.41, 5.74) is -0.395. The summed E-state index contributed by atoms with van der Waals surface area (Å²) < 4.78 is 6.22. The summed E-state index contributed by atoms with van der Waals surface area (Å²) in [4.78, 5) is 33.9. The summed E-state index contributed by atoms with van der Waals surface area (Å²) in [5.74, 6) is -1.58. The molecule has 0 aromatic carbocycles. The maximum atomic E-state index is 11.6. The van der Waals surface area contributed by atoms with Gasteiger partial charge < -0.3 is 19.7 Å². The van der Waals surface area contributed by atoms with E-state index in [1.54, 1.807) is 6.92 Å². The van der Waals surface area contributed by atoms with Crippen molar-refractivity contribution in [3.8, 4) is 0 Å². The van der Waals surface area contributed by atoms with E-state index in [0.717, 1.165) is 0 Å². The average Bonchev–Trinajstić information content (AvgIpc) is 2.32. The number of aromatic nitrogens is 1. The fraction of sp³-hybridized carbons (Fsp3) is 0.417. The summed E-state index contributed by atoms with van der Waals surface area (Å²) in [6.45, 7) is 2.36. The van der Waals surface area contributed by atoms with E-state index in [2.05, 4.69) is 5.32 Å². The van der Waals surface area contributed by atoms with E-state index in [4.69, 9.17) is 9.84 Å². The van der Waals surface area contributed by atoms with Crippen LogP contribution in [0.5, 0.6) is 0 Å². The lowest BCUT2D eigenvalue weighted by atomic mass is 10.2. The minimum atomic E-state index is -1.31. The highest BCUT2D eigenvalue weighted by Gasteiger charge is 2.12. The lowest BCUT2D eigenvalue weighted by Crippen LogP contribution is -2.31. The Bertz CT molecular complexity index is 535. The third-order valence-electron chi connectivity index (χ3n) is 2.52. The monoisotopic (exact) mass is 268 g/mol. The zero-order valence-corrected chi connectivity index (χ0v) is 10.8. The Morgan fingerprint density at radius 1 is 1.47 bits per heavy atom. The van der Waals surface area contributed by atoms with E-state index in [1.807, 2.05) is 0 Å². The topological polar surface area (TPSA) is 97.6 Å². The Morgan fingerprint density at radius 2 is 2.16 bits per heavy atom. The summed E-state index contributed by atoms with van der Waals surface area (Å²) in [6, 6.07) is 1.20. The van der Waals surface area contributed by atoms with E-state index in [9.17, 15) is 14.4 Å². The lowest BCUT2D eigenvalue weighted by Gasteiger charge is -2.11. The van der Waals surface area contributed by atoms with Crippen LogP contribution in [0.1, 0.15) is 16.1 Å². The lowest BCUT2D eigenvalue weighted by molar-refractivity contribution is -0.121. The molecule has 0 aliphatic rings. The number of carboxylic acid groups (broad SMARTS) is 1. The van der Waals surface area contributed by atoms with Crippen molar-refractivity contribution in [2.45, 2.75) is 13.5 Å². The number of amides is 1. The Kier molecular flexibility index (Phi) is 5.25. The van der Waals surface area contributed by atoms with Crippen LogP contribution in [0.3, 0.4) is 0 Å². The molecule has 7 nitrogen and oxygen atoms in total. The molecule has 1 aromatic heterocycles. The number of ether oxygens (including phenoxy) is 1. The van der Waals surface area contributed by atoms with Crippen LogP contribution in [0.4, 0.5) is 0 Å². The van der Waals surface area contributed by atoms with Crippen molar-refractivity contribution in [1.29, 1.82) is 0 Å². The third kappa shape index (κ3) is 4.22. The molecule has 0 saturated carbocycles. The van der Waals surface area contributed by atoms with Gasteiger partial charge in [-0.3, -0.25) is 9.59 Å². The fourth-order valence-corrected chi connectivity index (χ4v) is 1.51. The number of carbonyl (C=O) groups excluding carboxylic acids is 1. The van der Waals surface area contributed by atoms with Crippen LogP contribution in [0.2, 0.25) is 0 Å². The zero-order chi connectivity index (χ0) is 14.4. The van der Waals surface area contributed by atoms with Gasteiger partial charge in [-0.05, 0) is 6.92 Å². The molecule has 19 heavy (non-hydrogen) atoms. The van der Waals surface area contributed by atoms with E-state index < -0.39 is 11.4 Å². The predicted molar refractivity (Wildman–Crippen MR) is 67.3 cm³/mol. The molecule has 0 saturated heterocycles. The molecule has 0 aliphatic carbocycles. The number of hydrogen-bond acceptors (Lipinski definition) is 4. The minimum Gasteiger partial charge on any atom is -0.477 e. The molecule has 1 amide bonds. The molecule has 0 spiro atoms. The van der Waals surface area contributed by atoms with Gasteiger partial charge in [-0.25, -0.2) is 4.79 Å². The largest absolute Gasteiger partial charge is 0.477 e. The van der Waals surface area contributed by atoms with Gasteiger partial charge in [0.1, 0.15) is 12.1 Å². The molecule has 0 radical (unpaired) electrons. The van der Waals surface area contributed by atoms with Crippen molar-refractivity contribution in [3.05, 3.63) is 33.7 Å². The van der Waals surface area contributed by atoms with Gasteiger partial charge in [0.05, 0.1) is 6.61 Å². The zero-order valence-electron chi connectivity index (χ0n) is 10.8. The highest BCUT2D eigenvalue weighted by molar-refractivity contribution is 5.87. The van der Waals surface area contributed by atoms with E-state index in [-0.39, 0.29) is 18.0 Å². The van der Waals surface area contributed by atoms with E-state index in [0.29, 0.717) is 18.8 Å². The van der Waals surface area contributed by atoms with Crippen LogP contribution in [-0.2, 0) is 16.1 Å². The number of rotatable bonds is 6. The van der Waals surface area contributed by atoms with Crippen molar-refractivity contribution in [1.82, 2.24) is 9.88 Å². The van der Waals surface area contributed by atoms with Crippen molar-refractivity contribution >= 4 is 11.9 Å². The molecule has 2 N–H and O–H groups in total. The predicted octanol–water partition coefficient (Wildman–Crippen LogP) is -0.382. The first-order chi connectivity index (χ1) is 8.95. The number of aromatic carboxylic acids is 1. The maximum Gasteiger partial charge on any atom is 0.341 e. The second-order valence-electron chi connectivity index (χ2n) is 3.97. The molecular formula is C12H16N2O5. The molecular weight excluding hydrogens is 252 g/mol. The molecule has 104 valence electrons. The highest BCUT2D eigenvalue weighted by Crippen LogP contribution is 1.99. The smallest absolute Gasteiger partial charge is 0.341 e. The Balaban J connectivity index is 2.83. The second-order valence-corrected chi connectivity index (χ2v) is 3.97. The molecule has 0 unspecified atom stereocenters. The number of nitrogens with one attached hydrogen (secondary N) is 1. The van der Waals surface area contributed by atoms with Crippen LogP contribution >= 0.6 is 0 Å². The van der Waals surface area contributed by atoms with E-state index in [1.165, 1.54) is 23.9 Å². The number of pyridine rings is 1. The first-order valence-corrected chi connectivity index (χ1v) is 5.65. The quantitative estimate of drug-likeness (QED) is 0.685. The molecule has 1 aromatic rings. The van der Waals surface area contributed by atoms with Gasteiger partial charge in [0.2, 0.25) is 5.91 Å². The molecule has 7 heteroatoms. The van der Waals surface area contributed by atoms with Crippen LogP contribution in [0, 0.1) is 6.92 Å². The van der Waals surface area contributed by atoms with Crippen molar-refractivity contribution < 1.29 is 19.4 Å². The van der Waals surface area contributed by atoms with Gasteiger partial charge in [0.15, 0.2) is 5.43 Å². The molecule has 1 rings (SSSR count). The Morgan fingerprint density at radius 3 is 2.74 bits per heavy atom. The molecule has 1 heterocycles. The molecule has 0 bridgehead atoms. The third-order valence-corrected chi connectivity index (χ3v) is 2.52. The first kappa shape index (κ1) is 14.9. The summed E-state index contributed by atoms with van der Waals surface area (Å²) in [5, 5.41) is 11.5. The summed E-state index contributed by atoms with van der Waals surface area (Å²) >= 11 is 0. The summed E-state index contributed by atoms with van der Waals surface area (Å²) in [7, 11) is 1.52. The van der Waals surface area contributed by atoms with Crippen molar-refractivity contribution in [2.24, 2.45) is 0 Å². The van der Waals surface area contributed by atoms with Gasteiger partial charge in [0.25, 0.3) is 0 Å². The Hall–Kier alpha value is -2.15. The van der Waals surface area contributed by atoms with Gasteiger partial charge in [-0.2, -0.15) is 0 Å². The molecule has 0 atom stereocenters. The fourth-order valence-electron chi connectivity index (χ4n) is 1.51. The number of aryl methyl sites for hydroxylation is 1. The average molecular weight is 268 g/mol. The number of methoxy groups -OCH3 is 1. The van der Waals surface area contributed by atoms with Crippen LogP contribution in [0.25, 0.3) is 0 Å². The first-order valence-electron chi connectivity index (χ1n) is 5.65. The molecule has 0 fully saturated rings. The SMILES string of the molecule is COCCNC(=O)Cn1cc(C(=O)O)c(=O)cc1C. The second kappa shape index (κ2) is 6.69. The van der Waals surface area contributed by atoms with E-state index >= 15 is 0 Å². The van der Waals surface area contributed by atoms with Crippen LogP contribution in [0.15, 0.2) is 17.1 Å². The number of carboxylic acids is 1. The number of carbonyl (C=O) groups is 2. The normalized spacial score (nSPS) is 10.2. The van der Waals surface area contributed by atoms with Gasteiger partial charge in [-0.15, -0.1) is 0 Å². The van der Waals surface area contributed by atoms with Crippen LogP contribution in [-0.4, -0.2) is 41.8 Å². The van der Waals surface area contributed by atoms with Gasteiger partial charge in [0, 0.05) is 31.6 Å². The van der Waals surface area contributed by atoms with Gasteiger partial charge in [-0.1, -0.05) is 0 Å². The van der Waals surface area contributed by atoms with Gasteiger partial charge >= 0.3 is 5.97 Å². The minimum absolute atomic E-state index is 0.0455. The number of nitrogens with zero attached hydrogens (tertiary/aromatic N) is 1. The van der Waals surface area contributed by atoms with Crippen LogP contribution < -0.4 is 10.7 Å². The Labute approximate surface area is 109 Å². The molecule has 0 aliphatic heterocycles. The summed E-state index contributed by atoms with van der Waals surface area (Å²) in [6.07, 6.45) is 1.18. The van der Waals surface area contributed by atoms with Crippen molar-refractivity contribution in [2.75, 3.05) is 20.3 Å².